The highest BCUT2D eigenvalue weighted by molar-refractivity contribution is 5.85. The first-order chi connectivity index (χ1) is 11.5. The monoisotopic (exact) mass is 360 g/mol. The van der Waals surface area contributed by atoms with Crippen LogP contribution in [0.3, 0.4) is 0 Å². The number of unbranched alkanes of at least 4 members (excludes halogenated alkanes) is 2. The zero-order valence-corrected chi connectivity index (χ0v) is 16.2. The molecule has 0 heterocycles. The Morgan fingerprint density at radius 1 is 0.800 bits per heavy atom. The van der Waals surface area contributed by atoms with Gasteiger partial charge in [-0.25, -0.2) is 9.59 Å². The number of hydrogen-bond acceptors (Lipinski definition) is 4. The van der Waals surface area contributed by atoms with Gasteiger partial charge in [0.05, 0.1) is 13.2 Å². The second kappa shape index (κ2) is 17.2. The third-order valence-electron chi connectivity index (χ3n) is 3.52. The van der Waals surface area contributed by atoms with Crippen LogP contribution in [0.2, 0.25) is 0 Å². The zero-order valence-electron chi connectivity index (χ0n) is 16.2. The van der Waals surface area contributed by atoms with Gasteiger partial charge in [0.15, 0.2) is 0 Å². The molecule has 6 nitrogen and oxygen atoms in total. The van der Waals surface area contributed by atoms with E-state index in [2.05, 4.69) is 27.0 Å². The molecule has 0 fully saturated rings. The Labute approximate surface area is 151 Å². The molecule has 0 aromatic heterocycles. The van der Waals surface area contributed by atoms with Crippen molar-refractivity contribution in [2.75, 3.05) is 13.2 Å². The molecular formula is C19H36O6. The van der Waals surface area contributed by atoms with Crippen molar-refractivity contribution >= 4 is 11.9 Å². The van der Waals surface area contributed by atoms with Crippen LogP contribution in [0.5, 0.6) is 0 Å². The summed E-state index contributed by atoms with van der Waals surface area (Å²) in [5.74, 6) is -1.87. The van der Waals surface area contributed by atoms with Gasteiger partial charge in [-0.05, 0) is 26.7 Å². The van der Waals surface area contributed by atoms with E-state index >= 15 is 0 Å². The van der Waals surface area contributed by atoms with E-state index in [1.54, 1.807) is 0 Å². The molecule has 0 atom stereocenters. The molecule has 0 aromatic carbocycles. The fraction of sp³-hybridized carbons (Fsp3) is 0.684. The molecule has 0 rings (SSSR count). The minimum Gasteiger partial charge on any atom is -0.478 e. The Kier molecular flexibility index (Phi) is 19.3. The molecule has 4 N–H and O–H groups in total. The maximum absolute atomic E-state index is 9.60. The van der Waals surface area contributed by atoms with E-state index in [0.717, 1.165) is 38.5 Å². The molecule has 0 radical (unpaired) electrons. The third-order valence-corrected chi connectivity index (χ3v) is 3.52. The van der Waals surface area contributed by atoms with Gasteiger partial charge in [-0.1, -0.05) is 52.7 Å². The van der Waals surface area contributed by atoms with Crippen LogP contribution in [-0.2, 0) is 9.59 Å². The van der Waals surface area contributed by atoms with Gasteiger partial charge in [-0.15, -0.1) is 0 Å². The molecule has 148 valence electrons. The first-order valence-electron chi connectivity index (χ1n) is 8.52. The van der Waals surface area contributed by atoms with E-state index in [1.807, 2.05) is 0 Å². The van der Waals surface area contributed by atoms with Gasteiger partial charge in [0.1, 0.15) is 0 Å². The van der Waals surface area contributed by atoms with Crippen LogP contribution >= 0.6 is 0 Å². The Bertz CT molecular complexity index is 339. The zero-order chi connectivity index (χ0) is 20.5. The second-order valence-electron chi connectivity index (χ2n) is 6.19. The number of aliphatic hydroxyl groups excluding tert-OH is 2. The van der Waals surface area contributed by atoms with Crippen molar-refractivity contribution in [1.82, 2.24) is 0 Å². The lowest BCUT2D eigenvalue weighted by Crippen LogP contribution is -2.29. The van der Waals surface area contributed by atoms with Crippen LogP contribution in [0.25, 0.3) is 0 Å². The smallest absolute Gasteiger partial charge is 0.330 e. The van der Waals surface area contributed by atoms with Crippen molar-refractivity contribution in [2.45, 2.75) is 66.2 Å². The summed E-state index contributed by atoms with van der Waals surface area (Å²) in [5.41, 5.74) is 0.149. The molecule has 0 saturated carbocycles. The van der Waals surface area contributed by atoms with Crippen molar-refractivity contribution < 1.29 is 30.0 Å². The molecule has 0 amide bonds. The summed E-state index contributed by atoms with van der Waals surface area (Å²) in [5, 5.41) is 34.3. The molecule has 0 unspecified atom stereocenters. The predicted molar refractivity (Wildman–Crippen MR) is 101 cm³/mol. The van der Waals surface area contributed by atoms with Gasteiger partial charge in [0.2, 0.25) is 0 Å². The Hall–Kier alpha value is -1.66. The summed E-state index contributed by atoms with van der Waals surface area (Å²) in [4.78, 5) is 19.2. The fourth-order valence-corrected chi connectivity index (χ4v) is 1.59. The average Bonchev–Trinajstić information content (AvgIpc) is 2.56. The van der Waals surface area contributed by atoms with E-state index in [4.69, 9.17) is 10.2 Å². The minimum absolute atomic E-state index is 0.128. The van der Waals surface area contributed by atoms with Gasteiger partial charge < -0.3 is 20.4 Å². The largest absolute Gasteiger partial charge is 0.478 e. The SMILES string of the molecule is C=C(C)C(=O)O.C=C(C)C(=O)O.CCCCC(CO)(CO)CCCC. The number of hydrogen-bond donors (Lipinski definition) is 4. The van der Waals surface area contributed by atoms with E-state index in [0.29, 0.717) is 0 Å². The molecule has 0 aliphatic rings. The van der Waals surface area contributed by atoms with Gasteiger partial charge >= 0.3 is 11.9 Å². The second-order valence-corrected chi connectivity index (χ2v) is 6.19. The number of rotatable bonds is 10. The van der Waals surface area contributed by atoms with Gasteiger partial charge in [0.25, 0.3) is 0 Å². The highest BCUT2D eigenvalue weighted by atomic mass is 16.4. The average molecular weight is 360 g/mol. The molecular weight excluding hydrogens is 324 g/mol. The lowest BCUT2D eigenvalue weighted by Gasteiger charge is -2.29. The summed E-state index contributed by atoms with van der Waals surface area (Å²) >= 11 is 0. The molecule has 0 aliphatic heterocycles. The van der Waals surface area contributed by atoms with Crippen molar-refractivity contribution in [3.63, 3.8) is 0 Å². The van der Waals surface area contributed by atoms with E-state index in [9.17, 15) is 19.8 Å². The highest BCUT2D eigenvalue weighted by Crippen LogP contribution is 2.29. The van der Waals surface area contributed by atoms with Crippen LogP contribution in [0.1, 0.15) is 66.2 Å². The molecule has 0 spiro atoms. The van der Waals surface area contributed by atoms with E-state index < -0.39 is 11.9 Å². The maximum atomic E-state index is 9.60. The first kappa shape index (κ1) is 28.2. The fourth-order valence-electron chi connectivity index (χ4n) is 1.59. The number of carboxylic acids is 2. The lowest BCUT2D eigenvalue weighted by molar-refractivity contribution is -0.133. The van der Waals surface area contributed by atoms with Crippen LogP contribution in [0, 0.1) is 5.41 Å². The van der Waals surface area contributed by atoms with Crippen molar-refractivity contribution in [3.05, 3.63) is 24.3 Å². The van der Waals surface area contributed by atoms with Crippen LogP contribution in [0.15, 0.2) is 24.3 Å². The number of aliphatic carboxylic acids is 2. The van der Waals surface area contributed by atoms with E-state index in [-0.39, 0.29) is 29.8 Å². The molecule has 6 heteroatoms. The molecule has 0 saturated heterocycles. The number of aliphatic hydroxyl groups is 2. The normalized spacial score (nSPS) is 9.84. The van der Waals surface area contributed by atoms with Crippen molar-refractivity contribution in [3.8, 4) is 0 Å². The van der Waals surface area contributed by atoms with Crippen LogP contribution in [-0.4, -0.2) is 45.6 Å². The highest BCUT2D eigenvalue weighted by Gasteiger charge is 2.26. The minimum atomic E-state index is -0.935. The number of carbonyl (C=O) groups is 2. The third kappa shape index (κ3) is 18.5. The topological polar surface area (TPSA) is 115 Å². The summed E-state index contributed by atoms with van der Waals surface area (Å²) in [7, 11) is 0. The standard InChI is InChI=1S/C11H24O2.2C4H6O2/c1-3-5-7-11(9-12,10-13)8-6-4-2;2*1-3(2)4(5)6/h12-13H,3-10H2,1-2H3;2*1H2,2H3,(H,5,6). The lowest BCUT2D eigenvalue weighted by atomic mass is 9.80. The first-order valence-corrected chi connectivity index (χ1v) is 8.52. The maximum Gasteiger partial charge on any atom is 0.330 e. The van der Waals surface area contributed by atoms with Gasteiger partial charge in [-0.2, -0.15) is 0 Å². The van der Waals surface area contributed by atoms with Crippen molar-refractivity contribution in [2.24, 2.45) is 5.41 Å². The Balaban J connectivity index is -0.000000336. The van der Waals surface area contributed by atoms with Crippen molar-refractivity contribution in [1.29, 1.82) is 0 Å². The number of carboxylic acid groups (broad SMARTS) is 2. The molecule has 0 bridgehead atoms. The summed E-state index contributed by atoms with van der Waals surface area (Å²) < 4.78 is 0. The molecule has 25 heavy (non-hydrogen) atoms. The van der Waals surface area contributed by atoms with E-state index in [1.165, 1.54) is 13.8 Å². The predicted octanol–water partition coefficient (Wildman–Crippen LogP) is 3.63. The quantitative estimate of drug-likeness (QED) is 0.442. The van der Waals surface area contributed by atoms with Gasteiger partial charge in [0, 0.05) is 16.6 Å². The summed E-state index contributed by atoms with van der Waals surface area (Å²) in [6, 6.07) is 0. The summed E-state index contributed by atoms with van der Waals surface area (Å²) in [6.45, 7) is 13.7. The Morgan fingerprint density at radius 3 is 1.16 bits per heavy atom. The van der Waals surface area contributed by atoms with Gasteiger partial charge in [-0.3, -0.25) is 0 Å². The van der Waals surface area contributed by atoms with Crippen LogP contribution < -0.4 is 0 Å². The molecule has 0 aromatic rings. The molecule has 0 aliphatic carbocycles. The Morgan fingerprint density at radius 2 is 1.04 bits per heavy atom. The van der Waals surface area contributed by atoms with Crippen LogP contribution in [0.4, 0.5) is 0 Å². The summed E-state index contributed by atoms with van der Waals surface area (Å²) in [6.07, 6.45) is 6.38.